The quantitative estimate of drug-likeness (QED) is 0.0669. The van der Waals surface area contributed by atoms with Crippen molar-refractivity contribution in [3.05, 3.63) is 325 Å². The van der Waals surface area contributed by atoms with Crippen LogP contribution < -0.4 is 47.4 Å². The molecule has 0 aromatic heterocycles. The Kier molecular flexibility index (Phi) is 33.2. The molecule has 1 amide bonds. The van der Waals surface area contributed by atoms with Gasteiger partial charge in [0.05, 0.1) is 26.9 Å². The van der Waals surface area contributed by atoms with Crippen LogP contribution in [-0.4, -0.2) is 264 Å². The fourth-order valence-electron chi connectivity index (χ4n) is 19.0. The van der Waals surface area contributed by atoms with Crippen LogP contribution in [0.2, 0.25) is 0 Å². The molecule has 10 aliphatic heterocycles. The minimum atomic E-state index is -4.78. The Morgan fingerprint density at radius 1 is 0.309 bits per heavy atom. The summed E-state index contributed by atoms with van der Waals surface area (Å²) < 4.78 is 186. The molecular formula is C110H116F10N8O11. The van der Waals surface area contributed by atoms with Crippen molar-refractivity contribution in [3.8, 4) is 57.5 Å². The zero-order valence-corrected chi connectivity index (χ0v) is 79.1. The maximum absolute atomic E-state index is 13.5. The fraction of sp³-hybridized carbons (Fsp3) is 0.355. The number of amides is 1. The number of hydrogen-bond acceptors (Lipinski definition) is 18. The molecule has 10 aromatic carbocycles. The minimum absolute atomic E-state index is 0.0269. The summed E-state index contributed by atoms with van der Waals surface area (Å²) in [6, 6.07) is 58.0. The highest BCUT2D eigenvalue weighted by molar-refractivity contribution is 6.06. The summed E-state index contributed by atoms with van der Waals surface area (Å²) in [7, 11) is 11.2. The Bertz CT molecular complexity index is 6060. The van der Waals surface area contributed by atoms with E-state index in [9.17, 15) is 48.7 Å². The monoisotopic (exact) mass is 1910 g/mol. The number of likely N-dealkylation sites (tertiary alicyclic amines) is 2. The molecule has 0 aliphatic carbocycles. The van der Waals surface area contributed by atoms with Crippen molar-refractivity contribution in [2.24, 2.45) is 0 Å². The van der Waals surface area contributed by atoms with E-state index < -0.39 is 13.0 Å². The lowest BCUT2D eigenvalue weighted by Gasteiger charge is -2.34. The van der Waals surface area contributed by atoms with E-state index in [-0.39, 0.29) is 53.1 Å². The molecule has 0 unspecified atom stereocenters. The highest BCUT2D eigenvalue weighted by atomic mass is 19.4. The molecule has 139 heavy (non-hydrogen) atoms. The zero-order chi connectivity index (χ0) is 97.2. The number of alkyl halides is 5. The molecule has 0 atom stereocenters. The molecule has 29 heteroatoms. The molecule has 5 fully saturated rings. The number of piperidine rings is 2. The van der Waals surface area contributed by atoms with Gasteiger partial charge >= 0.3 is 13.0 Å². The second kappa shape index (κ2) is 46.4. The normalized spacial score (nSPS) is 17.7. The second-order valence-electron chi connectivity index (χ2n) is 36.0. The first-order valence-corrected chi connectivity index (χ1v) is 47.2. The van der Waals surface area contributed by atoms with Crippen molar-refractivity contribution >= 4 is 33.8 Å². The van der Waals surface area contributed by atoms with Crippen LogP contribution in [0.1, 0.15) is 94.2 Å². The SMILES string of the molecule is CN1CCN(CC2=C(c3ccc(F)cc3)c3cc(OC(F)F)ccc3OC2)CC1.COc1ccc2c(c1)C(c1ccc(F)cc1)=C(C(=O)N1CCN(C)CC1)CO2.COc1ccc2c(c1)C(c1ccc(F)cc1)=C(CN1CCCCC1)CO2.COc1ccc2c(c1)C(c1ccc(F)cc1)=C(CN1CCN(C)CC1)CO2.Fc1ccc(C2=C(CN3CCCCC3)COc3ccc(OC(F)(F)F)cc32)cc1. The fourth-order valence-corrected chi connectivity index (χ4v) is 19.0. The lowest BCUT2D eigenvalue weighted by atomic mass is 9.90. The number of piperazine rings is 3. The van der Waals surface area contributed by atoms with Gasteiger partial charge in [-0.15, -0.1) is 13.2 Å². The van der Waals surface area contributed by atoms with E-state index in [4.69, 9.17) is 37.9 Å². The molecule has 0 bridgehead atoms. The van der Waals surface area contributed by atoms with Crippen molar-refractivity contribution < 1.29 is 96.1 Å². The molecule has 5 saturated heterocycles. The van der Waals surface area contributed by atoms with E-state index in [0.717, 1.165) is 224 Å². The lowest BCUT2D eigenvalue weighted by molar-refractivity contribution is -0.274. The molecule has 10 heterocycles. The van der Waals surface area contributed by atoms with Gasteiger partial charge in [-0.1, -0.05) is 73.5 Å². The number of ether oxygens (including phenoxy) is 10. The molecule has 0 spiro atoms. The van der Waals surface area contributed by atoms with Crippen LogP contribution in [0.25, 0.3) is 27.9 Å². The number of carbonyl (C=O) groups is 1. The van der Waals surface area contributed by atoms with E-state index in [1.54, 1.807) is 69.9 Å². The molecule has 0 saturated carbocycles. The second-order valence-corrected chi connectivity index (χ2v) is 36.0. The van der Waals surface area contributed by atoms with Gasteiger partial charge in [0, 0.05) is 138 Å². The Balaban J connectivity index is 0.000000126. The van der Waals surface area contributed by atoms with Crippen LogP contribution in [0, 0.1) is 29.1 Å². The highest BCUT2D eigenvalue weighted by Gasteiger charge is 2.36. The summed E-state index contributed by atoms with van der Waals surface area (Å²) in [5, 5.41) is 0. The van der Waals surface area contributed by atoms with Gasteiger partial charge < -0.3 is 67.0 Å². The number of fused-ring (bicyclic) bond motifs is 5. The van der Waals surface area contributed by atoms with Crippen molar-refractivity contribution in [2.45, 2.75) is 51.5 Å². The van der Waals surface area contributed by atoms with Gasteiger partial charge in [-0.3, -0.25) is 24.4 Å². The van der Waals surface area contributed by atoms with Crippen LogP contribution in [0.3, 0.4) is 0 Å². The Morgan fingerprint density at radius 2 is 0.561 bits per heavy atom. The maximum atomic E-state index is 13.5. The highest BCUT2D eigenvalue weighted by Crippen LogP contribution is 2.47. The van der Waals surface area contributed by atoms with Crippen molar-refractivity contribution in [3.63, 3.8) is 0 Å². The van der Waals surface area contributed by atoms with Crippen LogP contribution in [0.15, 0.2) is 240 Å². The van der Waals surface area contributed by atoms with Crippen LogP contribution in [-0.2, 0) is 4.79 Å². The van der Waals surface area contributed by atoms with E-state index >= 15 is 0 Å². The standard InChI is InChI=1S/C22H21F4NO2.C22H23F3N2O2.C22H23FN2O3.C22H25FN2O2.C22H24FNO2/c23-17-6-4-15(5-7-17)21-16(13-27-10-2-1-3-11-27)14-28-20-9-8-18(12-19(20)21)29-22(24,25)26;1-26-8-10-27(11-9-26)13-16-14-28-20-7-6-18(29-22(24)25)12-19(20)21(16)15-2-4-17(23)5-3-15;1-24-9-11-25(12-10-24)22(26)19-14-28-20-8-7-17(27-2)13-18(20)21(19)15-3-5-16(23)6-4-15;1-24-9-11-25(12-10-24)14-17-15-27-21-8-7-19(26-2)13-20(21)22(17)16-3-5-18(23)6-4-16;1-25-19-9-10-21-20(13-19)22(16-5-7-18(23)8-6-16)17(15-26-21)14-24-11-3-2-4-12-24/h4-9,12H,1-3,10-11,13-14H2;2-7,12,22H,8-11,13-14H2,1H3;3-8,13H,9-12,14H2,1-2H3;3-8,13H,9-12,14-15H2,1-2H3;5-10,13H,2-4,11-12,14-15H2,1H3. The summed E-state index contributed by atoms with van der Waals surface area (Å²) in [5.74, 6) is 4.04. The number of nitrogens with zero attached hydrogens (tertiary/aromatic N) is 8. The van der Waals surface area contributed by atoms with Crippen molar-refractivity contribution in [2.75, 3.05) is 206 Å². The van der Waals surface area contributed by atoms with E-state index in [1.165, 1.54) is 122 Å². The molecule has 0 radical (unpaired) electrons. The number of rotatable bonds is 20. The molecular weight excluding hydrogens is 1800 g/mol. The Labute approximate surface area is 805 Å². The summed E-state index contributed by atoms with van der Waals surface area (Å²) in [4.78, 5) is 31.7. The average Bonchev–Trinajstić information content (AvgIpc) is 0.771. The predicted octanol–water partition coefficient (Wildman–Crippen LogP) is 19.9. The van der Waals surface area contributed by atoms with Gasteiger partial charge in [0.1, 0.15) is 120 Å². The Morgan fingerprint density at radius 3 is 0.856 bits per heavy atom. The van der Waals surface area contributed by atoms with Gasteiger partial charge in [-0.25, -0.2) is 22.0 Å². The first kappa shape index (κ1) is 99.4. The number of hydrogen-bond donors (Lipinski definition) is 0. The average molecular weight is 1920 g/mol. The first-order valence-electron chi connectivity index (χ1n) is 47.2. The first-order chi connectivity index (χ1) is 67.3. The summed E-state index contributed by atoms with van der Waals surface area (Å²) in [6.07, 6.45) is 2.50. The van der Waals surface area contributed by atoms with Gasteiger partial charge in [0.25, 0.3) is 5.91 Å². The van der Waals surface area contributed by atoms with E-state index in [1.807, 2.05) is 83.8 Å². The largest absolute Gasteiger partial charge is 0.573 e. The third-order valence-electron chi connectivity index (χ3n) is 26.4. The number of likely N-dealkylation sites (N-methyl/N-ethyl adjacent to an activating group) is 3. The number of benzene rings is 10. The predicted molar refractivity (Wildman–Crippen MR) is 517 cm³/mol. The third-order valence-corrected chi connectivity index (χ3v) is 26.4. The maximum Gasteiger partial charge on any atom is 0.573 e. The minimum Gasteiger partial charge on any atom is -0.497 e. The van der Waals surface area contributed by atoms with Crippen molar-refractivity contribution in [1.82, 2.24) is 39.2 Å². The number of halogens is 10. The topological polar surface area (TPSA) is 135 Å². The van der Waals surface area contributed by atoms with Gasteiger partial charge in [0.15, 0.2) is 0 Å². The lowest BCUT2D eigenvalue weighted by Crippen LogP contribution is -2.48. The summed E-state index contributed by atoms with van der Waals surface area (Å²) in [6.45, 7) is 17.6. The molecule has 0 N–H and O–H groups in total. The molecule has 19 nitrogen and oxygen atoms in total. The van der Waals surface area contributed by atoms with Crippen LogP contribution in [0.5, 0.6) is 57.5 Å². The molecule has 10 aliphatic rings. The van der Waals surface area contributed by atoms with Gasteiger partial charge in [0.2, 0.25) is 0 Å². The Hall–Kier alpha value is -12.6. The van der Waals surface area contributed by atoms with Crippen LogP contribution >= 0.6 is 0 Å². The van der Waals surface area contributed by atoms with E-state index in [2.05, 4.69) is 64.9 Å². The van der Waals surface area contributed by atoms with Crippen molar-refractivity contribution in [1.29, 1.82) is 0 Å². The number of methoxy groups -OCH3 is 3. The van der Waals surface area contributed by atoms with Crippen LogP contribution in [0.4, 0.5) is 43.9 Å². The zero-order valence-electron chi connectivity index (χ0n) is 79.1. The summed E-state index contributed by atoms with van der Waals surface area (Å²) in [5.41, 5.74) is 18.2. The van der Waals surface area contributed by atoms with Gasteiger partial charge in [-0.2, -0.15) is 8.78 Å². The number of carbonyl (C=O) groups excluding carboxylic acids is 1. The summed E-state index contributed by atoms with van der Waals surface area (Å²) >= 11 is 0. The smallest absolute Gasteiger partial charge is 0.497 e. The van der Waals surface area contributed by atoms with Gasteiger partial charge in [-0.05, 0) is 297 Å². The molecule has 732 valence electrons. The van der Waals surface area contributed by atoms with E-state index in [0.29, 0.717) is 92.3 Å². The molecule has 20 rings (SSSR count). The molecule has 10 aromatic rings. The third kappa shape index (κ3) is 25.7.